The smallest absolute Gasteiger partial charge is 0.268 e. The second kappa shape index (κ2) is 6.95. The third-order valence-electron chi connectivity index (χ3n) is 3.11. The van der Waals surface area contributed by atoms with E-state index in [0.717, 1.165) is 5.56 Å². The average Bonchev–Trinajstić information content (AvgIpc) is 2.55. The number of benzene rings is 1. The maximum absolute atomic E-state index is 11.9. The fraction of sp³-hybridized carbons (Fsp3) is 0.118. The monoisotopic (exact) mass is 304 g/mol. The molecule has 0 bridgehead atoms. The topological polar surface area (TPSA) is 127 Å². The maximum Gasteiger partial charge on any atom is 0.268 e. The summed E-state index contributed by atoms with van der Waals surface area (Å²) in [5.41, 5.74) is 6.40. The molecule has 0 aliphatic carbocycles. The zero-order valence-electron chi connectivity index (χ0n) is 12.1. The SMILES string of the molecule is N#Cc1c(N)[nH]c(=O)c(C#N)c1-c1ccc(C#CCCO)cc1. The first-order valence-electron chi connectivity index (χ1n) is 6.68. The molecule has 0 saturated carbocycles. The minimum absolute atomic E-state index is 0.00574. The first kappa shape index (κ1) is 15.9. The number of aromatic nitrogens is 1. The van der Waals surface area contributed by atoms with Gasteiger partial charge < -0.3 is 15.8 Å². The lowest BCUT2D eigenvalue weighted by atomic mass is 9.96. The molecule has 2 aromatic rings. The average molecular weight is 304 g/mol. The fourth-order valence-corrected chi connectivity index (χ4v) is 2.07. The van der Waals surface area contributed by atoms with Crippen molar-refractivity contribution in [3.05, 3.63) is 51.3 Å². The number of pyridine rings is 1. The number of rotatable bonds is 2. The molecule has 0 fully saturated rings. The summed E-state index contributed by atoms with van der Waals surface area (Å²) in [5, 5.41) is 27.2. The van der Waals surface area contributed by atoms with Gasteiger partial charge in [-0.15, -0.1) is 0 Å². The number of aliphatic hydroxyl groups is 1. The standard InChI is InChI=1S/C17H12N4O2/c18-9-13-15(14(10-19)17(23)21-16(13)20)12-6-4-11(5-7-12)3-1-2-8-22/h4-7,22H,2,8H2,(H3,20,21,23). The van der Waals surface area contributed by atoms with Crippen LogP contribution in [-0.4, -0.2) is 16.7 Å². The highest BCUT2D eigenvalue weighted by Crippen LogP contribution is 2.28. The molecule has 4 N–H and O–H groups in total. The minimum Gasteiger partial charge on any atom is -0.395 e. The Morgan fingerprint density at radius 3 is 2.35 bits per heavy atom. The van der Waals surface area contributed by atoms with Crippen molar-refractivity contribution in [1.82, 2.24) is 4.98 Å². The van der Waals surface area contributed by atoms with Crippen LogP contribution < -0.4 is 11.3 Å². The Morgan fingerprint density at radius 1 is 1.13 bits per heavy atom. The number of nitrogen functional groups attached to an aromatic ring is 1. The molecule has 0 unspecified atom stereocenters. The minimum atomic E-state index is -0.634. The first-order valence-corrected chi connectivity index (χ1v) is 6.68. The highest BCUT2D eigenvalue weighted by molar-refractivity contribution is 5.80. The van der Waals surface area contributed by atoms with E-state index in [1.54, 1.807) is 24.3 Å². The van der Waals surface area contributed by atoms with Crippen LogP contribution in [-0.2, 0) is 0 Å². The van der Waals surface area contributed by atoms with Gasteiger partial charge in [-0.3, -0.25) is 4.79 Å². The Bertz CT molecular complexity index is 933. The molecule has 1 heterocycles. The number of nitriles is 2. The van der Waals surface area contributed by atoms with E-state index in [0.29, 0.717) is 12.0 Å². The van der Waals surface area contributed by atoms with Crippen molar-refractivity contribution in [2.45, 2.75) is 6.42 Å². The van der Waals surface area contributed by atoms with E-state index in [9.17, 15) is 15.3 Å². The number of aromatic amines is 1. The number of anilines is 1. The predicted molar refractivity (Wildman–Crippen MR) is 84.9 cm³/mol. The van der Waals surface area contributed by atoms with Crippen molar-refractivity contribution >= 4 is 5.82 Å². The Morgan fingerprint density at radius 2 is 1.78 bits per heavy atom. The van der Waals surface area contributed by atoms with Crippen LogP contribution in [0.4, 0.5) is 5.82 Å². The zero-order chi connectivity index (χ0) is 16.8. The van der Waals surface area contributed by atoms with Gasteiger partial charge in [0.2, 0.25) is 0 Å². The number of nitrogens with two attached hydrogens (primary N) is 1. The molecule has 2 rings (SSSR count). The van der Waals surface area contributed by atoms with Crippen LogP contribution in [0.1, 0.15) is 23.1 Å². The number of aliphatic hydroxyl groups excluding tert-OH is 1. The highest BCUT2D eigenvalue weighted by atomic mass is 16.2. The molecule has 0 saturated heterocycles. The third-order valence-corrected chi connectivity index (χ3v) is 3.11. The summed E-state index contributed by atoms with van der Waals surface area (Å²) in [4.78, 5) is 14.2. The van der Waals surface area contributed by atoms with Crippen molar-refractivity contribution in [1.29, 1.82) is 10.5 Å². The van der Waals surface area contributed by atoms with Crippen LogP contribution in [0.3, 0.4) is 0 Å². The summed E-state index contributed by atoms with van der Waals surface area (Å²) < 4.78 is 0. The molecule has 0 radical (unpaired) electrons. The molecule has 112 valence electrons. The van der Waals surface area contributed by atoms with Crippen molar-refractivity contribution in [2.24, 2.45) is 0 Å². The van der Waals surface area contributed by atoms with Gasteiger partial charge in [-0.25, -0.2) is 0 Å². The third kappa shape index (κ3) is 3.22. The summed E-state index contributed by atoms with van der Waals surface area (Å²) in [6.07, 6.45) is 0.378. The van der Waals surface area contributed by atoms with Gasteiger partial charge in [-0.05, 0) is 17.7 Å². The molecule has 0 atom stereocenters. The van der Waals surface area contributed by atoms with Crippen molar-refractivity contribution in [3.63, 3.8) is 0 Å². The molecule has 23 heavy (non-hydrogen) atoms. The molecule has 0 aliphatic heterocycles. The van der Waals surface area contributed by atoms with Crippen molar-refractivity contribution in [2.75, 3.05) is 12.3 Å². The summed E-state index contributed by atoms with van der Waals surface area (Å²) in [5.74, 6) is 5.59. The van der Waals surface area contributed by atoms with E-state index in [2.05, 4.69) is 16.8 Å². The van der Waals surface area contributed by atoms with Gasteiger partial charge >= 0.3 is 0 Å². The van der Waals surface area contributed by atoms with Gasteiger partial charge in [-0.2, -0.15) is 10.5 Å². The van der Waals surface area contributed by atoms with E-state index >= 15 is 0 Å². The highest BCUT2D eigenvalue weighted by Gasteiger charge is 2.17. The molecule has 0 amide bonds. The van der Waals surface area contributed by atoms with E-state index in [4.69, 9.17) is 10.8 Å². The van der Waals surface area contributed by atoms with E-state index in [1.807, 2.05) is 12.1 Å². The molecule has 0 spiro atoms. The summed E-state index contributed by atoms with van der Waals surface area (Å²) in [6.45, 7) is -0.00574. The lowest BCUT2D eigenvalue weighted by Crippen LogP contribution is -2.16. The lowest BCUT2D eigenvalue weighted by molar-refractivity contribution is 0.305. The molecular formula is C17H12N4O2. The lowest BCUT2D eigenvalue weighted by Gasteiger charge is -2.08. The number of H-pyrrole nitrogens is 1. The second-order valence-corrected chi connectivity index (χ2v) is 4.57. The van der Waals surface area contributed by atoms with Crippen LogP contribution in [0, 0.1) is 34.5 Å². The maximum atomic E-state index is 11.9. The van der Waals surface area contributed by atoms with Gasteiger partial charge in [0.15, 0.2) is 0 Å². The van der Waals surface area contributed by atoms with Crippen LogP contribution in [0.5, 0.6) is 0 Å². The summed E-state index contributed by atoms with van der Waals surface area (Å²) in [7, 11) is 0. The molecule has 0 aliphatic rings. The van der Waals surface area contributed by atoms with Crippen LogP contribution >= 0.6 is 0 Å². The fourth-order valence-electron chi connectivity index (χ4n) is 2.07. The molecule has 6 heteroatoms. The first-order chi connectivity index (χ1) is 11.1. The molecule has 1 aromatic heterocycles. The largest absolute Gasteiger partial charge is 0.395 e. The molecular weight excluding hydrogens is 292 g/mol. The van der Waals surface area contributed by atoms with Crippen molar-refractivity contribution in [3.8, 4) is 35.1 Å². The number of hydrogen-bond donors (Lipinski definition) is 3. The van der Waals surface area contributed by atoms with E-state index in [-0.39, 0.29) is 29.1 Å². The van der Waals surface area contributed by atoms with Gasteiger partial charge in [0.05, 0.1) is 6.61 Å². The Balaban J connectivity index is 2.60. The number of nitrogens with one attached hydrogen (secondary N) is 1. The summed E-state index contributed by atoms with van der Waals surface area (Å²) >= 11 is 0. The summed E-state index contributed by atoms with van der Waals surface area (Å²) in [6, 6.07) is 10.5. The zero-order valence-corrected chi connectivity index (χ0v) is 12.1. The van der Waals surface area contributed by atoms with Crippen LogP contribution in [0.15, 0.2) is 29.1 Å². The number of hydrogen-bond acceptors (Lipinski definition) is 5. The molecule has 1 aromatic carbocycles. The van der Waals surface area contributed by atoms with E-state index < -0.39 is 5.56 Å². The van der Waals surface area contributed by atoms with Gasteiger partial charge in [-0.1, -0.05) is 24.0 Å². The van der Waals surface area contributed by atoms with Gasteiger partial charge in [0.1, 0.15) is 29.1 Å². The van der Waals surface area contributed by atoms with Crippen LogP contribution in [0.25, 0.3) is 11.1 Å². The van der Waals surface area contributed by atoms with Gasteiger partial charge in [0, 0.05) is 17.5 Å². The quantitative estimate of drug-likeness (QED) is 0.716. The predicted octanol–water partition coefficient (Wildman–Crippen LogP) is 1.10. The molecule has 6 nitrogen and oxygen atoms in total. The Kier molecular flexibility index (Phi) is 4.79. The second-order valence-electron chi connectivity index (χ2n) is 4.57. The van der Waals surface area contributed by atoms with Crippen molar-refractivity contribution < 1.29 is 5.11 Å². The van der Waals surface area contributed by atoms with E-state index in [1.165, 1.54) is 0 Å². The number of nitrogens with zero attached hydrogens (tertiary/aromatic N) is 2. The van der Waals surface area contributed by atoms with Crippen LogP contribution in [0.2, 0.25) is 0 Å². The Labute approximate surface area is 132 Å². The van der Waals surface area contributed by atoms with Gasteiger partial charge in [0.25, 0.3) is 5.56 Å². The Hall–Kier alpha value is -3.53. The normalized spacial score (nSPS) is 9.35.